The molecule has 0 aromatic rings. The minimum absolute atomic E-state index is 0.306. The van der Waals surface area contributed by atoms with E-state index >= 15 is 0 Å². The Morgan fingerprint density at radius 2 is 1.92 bits per heavy atom. The molecule has 2 nitrogen and oxygen atoms in total. The molecule has 0 aliphatic carbocycles. The summed E-state index contributed by atoms with van der Waals surface area (Å²) in [5.74, 6) is 0. The minimum Gasteiger partial charge on any atom is -0.359 e. The van der Waals surface area contributed by atoms with Crippen LogP contribution in [0.1, 0.15) is 34.1 Å². The lowest BCUT2D eigenvalue weighted by molar-refractivity contribution is 0.144. The molecule has 1 aliphatic heterocycles. The van der Waals surface area contributed by atoms with E-state index in [-0.39, 0.29) is 0 Å². The fraction of sp³-hybridized carbons (Fsp3) is 0.800. The Labute approximate surface area is 75.8 Å². The summed E-state index contributed by atoms with van der Waals surface area (Å²) >= 11 is 0. The van der Waals surface area contributed by atoms with Crippen molar-refractivity contribution >= 4 is 0 Å². The zero-order chi connectivity index (χ0) is 9.19. The summed E-state index contributed by atoms with van der Waals surface area (Å²) in [7, 11) is 0. The standard InChI is InChI=1S/C10H20N2/c1-5-10(3,4)12-8-7-11(6-2)9-12/h7-8H,5-6,9H2,1-4H3. The molecule has 0 aromatic carbocycles. The second-order valence-electron chi connectivity index (χ2n) is 3.98. The third-order valence-electron chi connectivity index (χ3n) is 2.84. The third kappa shape index (κ3) is 1.74. The quantitative estimate of drug-likeness (QED) is 0.637. The van der Waals surface area contributed by atoms with E-state index < -0.39 is 0 Å². The van der Waals surface area contributed by atoms with E-state index in [2.05, 4.69) is 49.9 Å². The zero-order valence-corrected chi connectivity index (χ0v) is 8.67. The number of nitrogens with zero attached hydrogens (tertiary/aromatic N) is 2. The van der Waals surface area contributed by atoms with Gasteiger partial charge in [-0.1, -0.05) is 6.92 Å². The average Bonchev–Trinajstić information content (AvgIpc) is 2.52. The second kappa shape index (κ2) is 3.38. The van der Waals surface area contributed by atoms with Crippen LogP contribution < -0.4 is 0 Å². The summed E-state index contributed by atoms with van der Waals surface area (Å²) in [4.78, 5) is 4.72. The number of hydrogen-bond acceptors (Lipinski definition) is 2. The number of rotatable bonds is 3. The van der Waals surface area contributed by atoms with Gasteiger partial charge in [0.1, 0.15) is 0 Å². The van der Waals surface area contributed by atoms with Gasteiger partial charge in [-0.05, 0) is 27.2 Å². The Bertz CT molecular complexity index is 173. The maximum Gasteiger partial charge on any atom is 0.0898 e. The summed E-state index contributed by atoms with van der Waals surface area (Å²) in [6, 6.07) is 0. The highest BCUT2D eigenvalue weighted by molar-refractivity contribution is 4.96. The van der Waals surface area contributed by atoms with Crippen LogP contribution >= 0.6 is 0 Å². The Hall–Kier alpha value is -0.660. The first kappa shape index (κ1) is 9.43. The van der Waals surface area contributed by atoms with Crippen molar-refractivity contribution < 1.29 is 0 Å². The lowest BCUT2D eigenvalue weighted by Crippen LogP contribution is -2.41. The summed E-state index contributed by atoms with van der Waals surface area (Å²) in [5.41, 5.74) is 0.306. The van der Waals surface area contributed by atoms with E-state index in [1.165, 1.54) is 6.42 Å². The van der Waals surface area contributed by atoms with Crippen LogP contribution in [-0.4, -0.2) is 28.6 Å². The van der Waals surface area contributed by atoms with Gasteiger partial charge < -0.3 is 9.80 Å². The van der Waals surface area contributed by atoms with Crippen molar-refractivity contribution in [3.8, 4) is 0 Å². The van der Waals surface area contributed by atoms with E-state index in [0.29, 0.717) is 5.54 Å². The Kier molecular flexibility index (Phi) is 2.65. The molecular weight excluding hydrogens is 148 g/mol. The van der Waals surface area contributed by atoms with Crippen molar-refractivity contribution in [2.45, 2.75) is 39.7 Å². The minimum atomic E-state index is 0.306. The molecule has 0 atom stereocenters. The molecule has 70 valence electrons. The van der Waals surface area contributed by atoms with Crippen molar-refractivity contribution in [2.75, 3.05) is 13.2 Å². The highest BCUT2D eigenvalue weighted by atomic mass is 15.4. The van der Waals surface area contributed by atoms with Crippen molar-refractivity contribution in [2.24, 2.45) is 0 Å². The first-order chi connectivity index (χ1) is 5.60. The van der Waals surface area contributed by atoms with Gasteiger partial charge >= 0.3 is 0 Å². The van der Waals surface area contributed by atoms with Crippen LogP contribution in [0.5, 0.6) is 0 Å². The van der Waals surface area contributed by atoms with E-state index in [0.717, 1.165) is 13.2 Å². The molecule has 0 saturated carbocycles. The van der Waals surface area contributed by atoms with Crippen LogP contribution in [0.2, 0.25) is 0 Å². The topological polar surface area (TPSA) is 6.48 Å². The molecule has 0 unspecified atom stereocenters. The number of hydrogen-bond donors (Lipinski definition) is 0. The molecule has 1 rings (SSSR count). The highest BCUT2D eigenvalue weighted by Crippen LogP contribution is 2.22. The third-order valence-corrected chi connectivity index (χ3v) is 2.84. The maximum atomic E-state index is 2.40. The highest BCUT2D eigenvalue weighted by Gasteiger charge is 2.25. The van der Waals surface area contributed by atoms with Gasteiger partial charge in [-0.15, -0.1) is 0 Å². The van der Waals surface area contributed by atoms with Crippen molar-refractivity contribution in [3.63, 3.8) is 0 Å². The van der Waals surface area contributed by atoms with Gasteiger partial charge in [0.25, 0.3) is 0 Å². The summed E-state index contributed by atoms with van der Waals surface area (Å²) in [5, 5.41) is 0. The van der Waals surface area contributed by atoms with Gasteiger partial charge in [0.05, 0.1) is 6.67 Å². The van der Waals surface area contributed by atoms with Gasteiger partial charge in [0.2, 0.25) is 0 Å². The largest absolute Gasteiger partial charge is 0.359 e. The van der Waals surface area contributed by atoms with Crippen LogP contribution in [0, 0.1) is 0 Å². The lowest BCUT2D eigenvalue weighted by Gasteiger charge is -2.35. The molecule has 0 N–H and O–H groups in total. The first-order valence-corrected chi connectivity index (χ1v) is 4.79. The van der Waals surface area contributed by atoms with Crippen LogP contribution in [0.4, 0.5) is 0 Å². The predicted molar refractivity (Wildman–Crippen MR) is 52.6 cm³/mol. The molecule has 0 spiro atoms. The summed E-state index contributed by atoms with van der Waals surface area (Å²) < 4.78 is 0. The molecule has 2 heteroatoms. The zero-order valence-electron chi connectivity index (χ0n) is 8.67. The smallest absolute Gasteiger partial charge is 0.0898 e. The molecule has 0 amide bonds. The monoisotopic (exact) mass is 168 g/mol. The van der Waals surface area contributed by atoms with Crippen molar-refractivity contribution in [1.29, 1.82) is 0 Å². The molecule has 0 bridgehead atoms. The fourth-order valence-corrected chi connectivity index (χ4v) is 1.27. The van der Waals surface area contributed by atoms with Crippen molar-refractivity contribution in [1.82, 2.24) is 9.80 Å². The predicted octanol–water partition coefficient (Wildman–Crippen LogP) is 2.24. The van der Waals surface area contributed by atoms with E-state index in [4.69, 9.17) is 0 Å². The van der Waals surface area contributed by atoms with Gasteiger partial charge in [0, 0.05) is 24.5 Å². The van der Waals surface area contributed by atoms with E-state index in [9.17, 15) is 0 Å². The Balaban J connectivity index is 2.53. The maximum absolute atomic E-state index is 2.40. The fourth-order valence-electron chi connectivity index (χ4n) is 1.27. The Morgan fingerprint density at radius 3 is 2.33 bits per heavy atom. The Morgan fingerprint density at radius 1 is 1.25 bits per heavy atom. The SMILES string of the molecule is CCN1C=CN(C(C)(C)CC)C1. The van der Waals surface area contributed by atoms with Gasteiger partial charge in [-0.3, -0.25) is 0 Å². The molecule has 12 heavy (non-hydrogen) atoms. The first-order valence-electron chi connectivity index (χ1n) is 4.79. The molecule has 1 heterocycles. The van der Waals surface area contributed by atoms with Gasteiger partial charge in [-0.2, -0.15) is 0 Å². The van der Waals surface area contributed by atoms with Crippen LogP contribution in [0.25, 0.3) is 0 Å². The summed E-state index contributed by atoms with van der Waals surface area (Å²) in [6.07, 6.45) is 5.57. The molecule has 0 saturated heterocycles. The molecule has 0 aromatic heterocycles. The molecule has 0 fully saturated rings. The van der Waals surface area contributed by atoms with Crippen molar-refractivity contribution in [3.05, 3.63) is 12.4 Å². The normalized spacial score (nSPS) is 17.7. The van der Waals surface area contributed by atoms with Crippen LogP contribution in [0.15, 0.2) is 12.4 Å². The molecule has 1 aliphatic rings. The molecular formula is C10H20N2. The lowest BCUT2D eigenvalue weighted by atomic mass is 10.0. The van der Waals surface area contributed by atoms with Crippen LogP contribution in [0.3, 0.4) is 0 Å². The van der Waals surface area contributed by atoms with Crippen LogP contribution in [-0.2, 0) is 0 Å². The van der Waals surface area contributed by atoms with E-state index in [1.807, 2.05) is 0 Å². The molecule has 0 radical (unpaired) electrons. The second-order valence-corrected chi connectivity index (χ2v) is 3.98. The van der Waals surface area contributed by atoms with Gasteiger partial charge in [0.15, 0.2) is 0 Å². The average molecular weight is 168 g/mol. The van der Waals surface area contributed by atoms with E-state index in [1.54, 1.807) is 0 Å². The summed E-state index contributed by atoms with van der Waals surface area (Å²) in [6.45, 7) is 11.2. The van der Waals surface area contributed by atoms with Gasteiger partial charge in [-0.25, -0.2) is 0 Å².